The first-order valence-electron chi connectivity index (χ1n) is 10.8. The second-order valence-electron chi connectivity index (χ2n) is 9.05. The van der Waals surface area contributed by atoms with E-state index in [-0.39, 0.29) is 5.56 Å². The van der Waals surface area contributed by atoms with Gasteiger partial charge in [0.05, 0.1) is 0 Å². The predicted molar refractivity (Wildman–Crippen MR) is 103 cm³/mol. The quantitative estimate of drug-likeness (QED) is 0.813. The lowest BCUT2D eigenvalue weighted by Crippen LogP contribution is -2.52. The Bertz CT molecular complexity index is 701. The molecule has 0 amide bonds. The van der Waals surface area contributed by atoms with Crippen LogP contribution in [0.2, 0.25) is 0 Å². The number of rotatable bonds is 2. The highest BCUT2D eigenvalue weighted by molar-refractivity contribution is 5.31. The Morgan fingerprint density at radius 2 is 1.69 bits per heavy atom. The molecule has 1 aliphatic carbocycles. The summed E-state index contributed by atoms with van der Waals surface area (Å²) >= 11 is 0. The molecule has 4 nitrogen and oxygen atoms in total. The highest BCUT2D eigenvalue weighted by Crippen LogP contribution is 2.42. The Labute approximate surface area is 156 Å². The number of hydrogen-bond donors (Lipinski definition) is 0. The van der Waals surface area contributed by atoms with Crippen molar-refractivity contribution < 1.29 is 4.74 Å². The summed E-state index contributed by atoms with van der Waals surface area (Å²) in [6.07, 6.45) is 10.3. The predicted octanol–water partition coefficient (Wildman–Crippen LogP) is 3.49. The van der Waals surface area contributed by atoms with Crippen molar-refractivity contribution in [1.29, 1.82) is 0 Å². The van der Waals surface area contributed by atoms with Crippen molar-refractivity contribution in [1.82, 2.24) is 9.47 Å². The highest BCUT2D eigenvalue weighted by atomic mass is 16.5. The second-order valence-corrected chi connectivity index (χ2v) is 9.05. The molecule has 2 bridgehead atoms. The van der Waals surface area contributed by atoms with Crippen LogP contribution in [0.25, 0.3) is 0 Å². The van der Waals surface area contributed by atoms with Gasteiger partial charge in [-0.05, 0) is 49.5 Å². The van der Waals surface area contributed by atoms with Crippen molar-refractivity contribution in [3.63, 3.8) is 0 Å². The molecular weight excluding hydrogens is 324 g/mol. The summed E-state index contributed by atoms with van der Waals surface area (Å²) in [4.78, 5) is 15.4. The molecule has 4 heterocycles. The van der Waals surface area contributed by atoms with Crippen LogP contribution in [0.15, 0.2) is 16.9 Å². The minimum absolute atomic E-state index is 0.230. The van der Waals surface area contributed by atoms with E-state index in [2.05, 4.69) is 15.5 Å². The summed E-state index contributed by atoms with van der Waals surface area (Å²) in [7, 11) is 0. The number of pyridine rings is 1. The van der Waals surface area contributed by atoms with Gasteiger partial charge in [0, 0.05) is 56.6 Å². The van der Waals surface area contributed by atoms with E-state index in [4.69, 9.17) is 4.74 Å². The Balaban J connectivity index is 1.47. The molecule has 4 heteroatoms. The summed E-state index contributed by atoms with van der Waals surface area (Å²) < 4.78 is 7.75. The third-order valence-corrected chi connectivity index (χ3v) is 7.40. The lowest BCUT2D eigenvalue weighted by atomic mass is 9.76. The average Bonchev–Trinajstić information content (AvgIpc) is 2.70. The third kappa shape index (κ3) is 3.05. The SMILES string of the molecule is O=c1ccc(C2CCCCC2)c2n1CC1CC2CN(C2CCOCC2)C1. The molecule has 0 spiro atoms. The van der Waals surface area contributed by atoms with E-state index in [9.17, 15) is 4.79 Å². The molecule has 0 radical (unpaired) electrons. The number of hydrogen-bond acceptors (Lipinski definition) is 3. The van der Waals surface area contributed by atoms with Gasteiger partial charge in [0.15, 0.2) is 0 Å². The molecule has 26 heavy (non-hydrogen) atoms. The fraction of sp³-hybridized carbons (Fsp3) is 0.773. The number of fused-ring (bicyclic) bond motifs is 4. The van der Waals surface area contributed by atoms with Crippen molar-refractivity contribution in [3.05, 3.63) is 33.7 Å². The normalized spacial score (nSPS) is 30.9. The zero-order chi connectivity index (χ0) is 17.5. The molecule has 2 saturated heterocycles. The summed E-state index contributed by atoms with van der Waals surface area (Å²) in [5, 5.41) is 0. The van der Waals surface area contributed by atoms with E-state index in [0.29, 0.717) is 23.8 Å². The fourth-order valence-corrected chi connectivity index (χ4v) is 6.19. The van der Waals surface area contributed by atoms with Crippen LogP contribution in [0.1, 0.15) is 74.5 Å². The van der Waals surface area contributed by atoms with Crippen molar-refractivity contribution in [2.24, 2.45) is 5.92 Å². The van der Waals surface area contributed by atoms with Crippen LogP contribution in [0.4, 0.5) is 0 Å². The van der Waals surface area contributed by atoms with E-state index >= 15 is 0 Å². The van der Waals surface area contributed by atoms with Crippen LogP contribution in [0.5, 0.6) is 0 Å². The lowest BCUT2D eigenvalue weighted by molar-refractivity contribution is 0.00563. The number of piperidine rings is 1. The third-order valence-electron chi connectivity index (χ3n) is 7.40. The van der Waals surface area contributed by atoms with E-state index in [1.165, 1.54) is 69.2 Å². The van der Waals surface area contributed by atoms with Crippen molar-refractivity contribution >= 4 is 0 Å². The van der Waals surface area contributed by atoms with E-state index in [1.54, 1.807) is 0 Å². The van der Waals surface area contributed by atoms with E-state index < -0.39 is 0 Å². The van der Waals surface area contributed by atoms with Gasteiger partial charge in [0.2, 0.25) is 0 Å². The first kappa shape index (κ1) is 17.0. The smallest absolute Gasteiger partial charge is 0.250 e. The maximum atomic E-state index is 12.6. The van der Waals surface area contributed by atoms with Gasteiger partial charge in [0.1, 0.15) is 0 Å². The number of likely N-dealkylation sites (tertiary alicyclic amines) is 1. The van der Waals surface area contributed by atoms with Gasteiger partial charge < -0.3 is 9.30 Å². The van der Waals surface area contributed by atoms with Crippen LogP contribution in [-0.2, 0) is 11.3 Å². The van der Waals surface area contributed by atoms with Gasteiger partial charge in [-0.3, -0.25) is 9.69 Å². The summed E-state index contributed by atoms with van der Waals surface area (Å²) in [6.45, 7) is 5.08. The molecule has 4 aliphatic rings. The van der Waals surface area contributed by atoms with Gasteiger partial charge in [-0.15, -0.1) is 0 Å². The summed E-state index contributed by atoms with van der Waals surface area (Å²) in [5.41, 5.74) is 3.16. The topological polar surface area (TPSA) is 34.5 Å². The fourth-order valence-electron chi connectivity index (χ4n) is 6.19. The maximum Gasteiger partial charge on any atom is 0.250 e. The molecule has 2 atom stereocenters. The molecule has 0 aromatic carbocycles. The first-order chi connectivity index (χ1) is 12.8. The van der Waals surface area contributed by atoms with Crippen LogP contribution in [0.3, 0.4) is 0 Å². The molecule has 1 saturated carbocycles. The van der Waals surface area contributed by atoms with Gasteiger partial charge in [-0.25, -0.2) is 0 Å². The van der Waals surface area contributed by atoms with Gasteiger partial charge >= 0.3 is 0 Å². The summed E-state index contributed by atoms with van der Waals surface area (Å²) in [5.74, 6) is 1.88. The second kappa shape index (κ2) is 7.12. The number of nitrogens with zero attached hydrogens (tertiary/aromatic N) is 2. The van der Waals surface area contributed by atoms with Crippen LogP contribution in [0, 0.1) is 5.92 Å². The number of ether oxygens (including phenoxy) is 1. The van der Waals surface area contributed by atoms with Gasteiger partial charge in [-0.1, -0.05) is 25.3 Å². The molecular formula is C22H32N2O2. The molecule has 142 valence electrons. The average molecular weight is 357 g/mol. The molecule has 0 N–H and O–H groups in total. The van der Waals surface area contributed by atoms with Gasteiger partial charge in [0.25, 0.3) is 5.56 Å². The van der Waals surface area contributed by atoms with Crippen molar-refractivity contribution in [2.45, 2.75) is 75.8 Å². The number of aromatic nitrogens is 1. The zero-order valence-corrected chi connectivity index (χ0v) is 15.9. The minimum Gasteiger partial charge on any atom is -0.381 e. The molecule has 5 rings (SSSR count). The monoisotopic (exact) mass is 356 g/mol. The minimum atomic E-state index is 0.230. The molecule has 3 fully saturated rings. The first-order valence-corrected chi connectivity index (χ1v) is 10.8. The molecule has 2 unspecified atom stereocenters. The zero-order valence-electron chi connectivity index (χ0n) is 15.9. The Morgan fingerprint density at radius 3 is 2.50 bits per heavy atom. The van der Waals surface area contributed by atoms with Crippen LogP contribution in [-0.4, -0.2) is 41.8 Å². The van der Waals surface area contributed by atoms with Crippen LogP contribution < -0.4 is 5.56 Å². The van der Waals surface area contributed by atoms with Crippen molar-refractivity contribution in [3.8, 4) is 0 Å². The summed E-state index contributed by atoms with van der Waals surface area (Å²) in [6, 6.07) is 4.73. The van der Waals surface area contributed by atoms with E-state index in [0.717, 1.165) is 26.3 Å². The van der Waals surface area contributed by atoms with Gasteiger partial charge in [-0.2, -0.15) is 0 Å². The Kier molecular flexibility index (Phi) is 4.66. The molecule has 1 aromatic heterocycles. The van der Waals surface area contributed by atoms with Crippen molar-refractivity contribution in [2.75, 3.05) is 26.3 Å². The maximum absolute atomic E-state index is 12.6. The largest absolute Gasteiger partial charge is 0.381 e. The molecule has 3 aliphatic heterocycles. The highest BCUT2D eigenvalue weighted by Gasteiger charge is 2.39. The molecule has 1 aromatic rings. The standard InChI is InChI=1S/C22H32N2O2/c25-21-7-6-20(17-4-2-1-3-5-17)22-18-12-16(14-24(21)22)13-23(15-18)19-8-10-26-11-9-19/h6-7,16-19H,1-5,8-15H2. The Hall–Kier alpha value is -1.13. The lowest BCUT2D eigenvalue weighted by Gasteiger charge is -2.47. The van der Waals surface area contributed by atoms with E-state index in [1.807, 2.05) is 6.07 Å². The Morgan fingerprint density at radius 1 is 0.885 bits per heavy atom. The van der Waals surface area contributed by atoms with Crippen LogP contribution >= 0.6 is 0 Å².